The van der Waals surface area contributed by atoms with E-state index in [1.807, 2.05) is 6.92 Å². The molecule has 1 aromatic heterocycles. The van der Waals surface area contributed by atoms with Gasteiger partial charge in [0.05, 0.1) is 19.3 Å². The summed E-state index contributed by atoms with van der Waals surface area (Å²) in [7, 11) is 0. The fourth-order valence-electron chi connectivity index (χ4n) is 2.79. The molecule has 2 heterocycles. The number of carbonyl (C=O) groups excluding carboxylic acids is 1. The van der Waals surface area contributed by atoms with Gasteiger partial charge in [-0.3, -0.25) is 4.79 Å². The minimum Gasteiger partial charge on any atom is -0.388 e. The van der Waals surface area contributed by atoms with Crippen molar-refractivity contribution in [1.82, 2.24) is 10.1 Å². The Morgan fingerprint density at radius 3 is 2.86 bits per heavy atom. The highest BCUT2D eigenvalue weighted by molar-refractivity contribution is 5.92. The lowest BCUT2D eigenvalue weighted by Crippen LogP contribution is -2.57. The van der Waals surface area contributed by atoms with E-state index in [-0.39, 0.29) is 24.8 Å². The molecular formula is C15H22N2O5. The molecule has 2 N–H and O–H groups in total. The maximum absolute atomic E-state index is 12.7. The highest BCUT2D eigenvalue weighted by Gasteiger charge is 2.38. The van der Waals surface area contributed by atoms with Gasteiger partial charge in [-0.05, 0) is 19.3 Å². The summed E-state index contributed by atoms with van der Waals surface area (Å²) in [4.78, 5) is 14.2. The lowest BCUT2D eigenvalue weighted by molar-refractivity contribution is -0.125. The maximum atomic E-state index is 12.7. The lowest BCUT2D eigenvalue weighted by Gasteiger charge is -2.39. The van der Waals surface area contributed by atoms with E-state index in [0.29, 0.717) is 12.5 Å². The van der Waals surface area contributed by atoms with Crippen LogP contribution in [0.1, 0.15) is 48.4 Å². The van der Waals surface area contributed by atoms with Crippen molar-refractivity contribution in [2.24, 2.45) is 0 Å². The first-order valence-electron chi connectivity index (χ1n) is 7.83. The largest absolute Gasteiger partial charge is 0.388 e. The number of aliphatic hydroxyl groups excluding tert-OH is 2. The molecule has 3 rings (SSSR count). The second-order valence-electron chi connectivity index (χ2n) is 6.05. The second kappa shape index (κ2) is 6.36. The zero-order valence-electron chi connectivity index (χ0n) is 12.6. The number of aliphatic hydroxyl groups is 2. The monoisotopic (exact) mass is 310 g/mol. The Kier molecular flexibility index (Phi) is 4.46. The number of rotatable bonds is 5. The van der Waals surface area contributed by atoms with Crippen LogP contribution < -0.4 is 0 Å². The van der Waals surface area contributed by atoms with Gasteiger partial charge in [0.25, 0.3) is 5.91 Å². The molecule has 3 atom stereocenters. The van der Waals surface area contributed by atoms with Crippen LogP contribution in [0.3, 0.4) is 0 Å². The van der Waals surface area contributed by atoms with Crippen molar-refractivity contribution in [3.05, 3.63) is 17.5 Å². The van der Waals surface area contributed by atoms with Gasteiger partial charge in [-0.1, -0.05) is 12.1 Å². The molecule has 0 spiro atoms. The van der Waals surface area contributed by atoms with Crippen LogP contribution >= 0.6 is 0 Å². The summed E-state index contributed by atoms with van der Waals surface area (Å²) in [5.41, 5.74) is 0.252. The number of carbonyl (C=O) groups is 1. The van der Waals surface area contributed by atoms with Gasteiger partial charge in [0.15, 0.2) is 5.69 Å². The van der Waals surface area contributed by atoms with Gasteiger partial charge in [0.2, 0.25) is 0 Å². The van der Waals surface area contributed by atoms with Gasteiger partial charge in [0, 0.05) is 18.5 Å². The molecule has 1 aromatic rings. The molecule has 0 bridgehead atoms. The second-order valence-corrected chi connectivity index (χ2v) is 6.05. The van der Waals surface area contributed by atoms with E-state index in [9.17, 15) is 15.0 Å². The van der Waals surface area contributed by atoms with Crippen LogP contribution in [0.4, 0.5) is 0 Å². The summed E-state index contributed by atoms with van der Waals surface area (Å²) in [5, 5.41) is 23.8. The van der Waals surface area contributed by atoms with Crippen molar-refractivity contribution in [3.8, 4) is 0 Å². The molecule has 122 valence electrons. The number of nitrogens with zero attached hydrogens (tertiary/aromatic N) is 2. The number of hydrogen-bond acceptors (Lipinski definition) is 6. The number of ether oxygens (including phenoxy) is 1. The van der Waals surface area contributed by atoms with Crippen molar-refractivity contribution in [3.63, 3.8) is 0 Å². The van der Waals surface area contributed by atoms with Gasteiger partial charge in [-0.2, -0.15) is 0 Å². The van der Waals surface area contributed by atoms with E-state index in [0.717, 1.165) is 25.0 Å². The molecule has 1 aliphatic carbocycles. The zero-order valence-corrected chi connectivity index (χ0v) is 12.6. The number of aromatic nitrogens is 1. The minimum atomic E-state index is -1.01. The molecule has 0 aromatic carbocycles. The summed E-state index contributed by atoms with van der Waals surface area (Å²) in [6, 6.07) is 1.12. The van der Waals surface area contributed by atoms with E-state index >= 15 is 0 Å². The average molecular weight is 310 g/mol. The van der Waals surface area contributed by atoms with E-state index in [2.05, 4.69) is 5.16 Å². The number of hydrogen-bond donors (Lipinski definition) is 2. The summed E-state index contributed by atoms with van der Waals surface area (Å²) >= 11 is 0. The lowest BCUT2D eigenvalue weighted by atomic mass is 10.0. The fourth-order valence-corrected chi connectivity index (χ4v) is 2.79. The Bertz CT molecular complexity index is 528. The van der Waals surface area contributed by atoms with E-state index < -0.39 is 18.2 Å². The van der Waals surface area contributed by atoms with Crippen molar-refractivity contribution in [2.45, 2.75) is 50.4 Å². The fraction of sp³-hybridized carbons (Fsp3) is 0.733. The molecule has 1 saturated heterocycles. The molecule has 7 nitrogen and oxygen atoms in total. The SMILES string of the molecule is CCCN(C(=O)c1cc(C2CC2)on1)[C@@H]1COC[C@@H](O)[C@H]1O. The smallest absolute Gasteiger partial charge is 0.276 e. The van der Waals surface area contributed by atoms with E-state index in [4.69, 9.17) is 9.26 Å². The van der Waals surface area contributed by atoms with Crippen LogP contribution in [0.15, 0.2) is 10.6 Å². The van der Waals surface area contributed by atoms with Crippen LogP contribution in [0, 0.1) is 0 Å². The summed E-state index contributed by atoms with van der Waals surface area (Å²) < 4.78 is 10.5. The van der Waals surface area contributed by atoms with Crippen LogP contribution in [0.5, 0.6) is 0 Å². The summed E-state index contributed by atoms with van der Waals surface area (Å²) in [6.07, 6.45) is 0.883. The van der Waals surface area contributed by atoms with Gasteiger partial charge >= 0.3 is 0 Å². The van der Waals surface area contributed by atoms with E-state index in [1.165, 1.54) is 4.90 Å². The highest BCUT2D eigenvalue weighted by atomic mass is 16.5. The average Bonchev–Trinajstić information content (AvgIpc) is 3.25. The Morgan fingerprint density at radius 1 is 1.41 bits per heavy atom. The molecule has 7 heteroatoms. The minimum absolute atomic E-state index is 0.0849. The summed E-state index contributed by atoms with van der Waals surface area (Å²) in [5.74, 6) is 0.846. The van der Waals surface area contributed by atoms with Crippen molar-refractivity contribution >= 4 is 5.91 Å². The zero-order chi connectivity index (χ0) is 15.7. The molecule has 0 radical (unpaired) electrons. The molecule has 2 fully saturated rings. The van der Waals surface area contributed by atoms with Crippen LogP contribution in [0.2, 0.25) is 0 Å². The van der Waals surface area contributed by atoms with Crippen LogP contribution in [-0.2, 0) is 4.74 Å². The molecule has 1 saturated carbocycles. The van der Waals surface area contributed by atoms with Gasteiger partial charge in [-0.25, -0.2) is 0 Å². The van der Waals surface area contributed by atoms with Gasteiger partial charge in [-0.15, -0.1) is 0 Å². The van der Waals surface area contributed by atoms with Gasteiger partial charge in [0.1, 0.15) is 18.0 Å². The van der Waals surface area contributed by atoms with Crippen molar-refractivity contribution in [2.75, 3.05) is 19.8 Å². The quantitative estimate of drug-likeness (QED) is 0.823. The Morgan fingerprint density at radius 2 is 2.18 bits per heavy atom. The molecule has 22 heavy (non-hydrogen) atoms. The first-order chi connectivity index (χ1) is 10.6. The third kappa shape index (κ3) is 3.02. The first-order valence-corrected chi connectivity index (χ1v) is 7.83. The number of amides is 1. The van der Waals surface area contributed by atoms with E-state index in [1.54, 1.807) is 6.07 Å². The molecular weight excluding hydrogens is 288 g/mol. The molecule has 1 amide bonds. The van der Waals surface area contributed by atoms with Crippen molar-refractivity contribution in [1.29, 1.82) is 0 Å². The predicted octanol–water partition coefficient (Wildman–Crippen LogP) is 0.525. The third-order valence-corrected chi connectivity index (χ3v) is 4.22. The highest BCUT2D eigenvalue weighted by Crippen LogP contribution is 2.40. The Hall–Kier alpha value is -1.44. The molecule has 1 aliphatic heterocycles. The summed E-state index contributed by atoms with van der Waals surface area (Å²) in [6.45, 7) is 2.70. The molecule has 0 unspecified atom stereocenters. The Labute approximate surface area is 128 Å². The Balaban J connectivity index is 1.77. The standard InChI is InChI=1S/C15H22N2O5/c1-2-5-17(11-7-21-8-12(18)14(11)19)15(20)10-6-13(22-16-10)9-3-4-9/h6,9,11-12,14,18-19H,2-5,7-8H2,1H3/t11-,12-,14+/m1/s1. The van der Waals surface area contributed by atoms with Crippen LogP contribution in [-0.4, -0.2) is 64.2 Å². The normalized spacial score (nSPS) is 28.6. The topological polar surface area (TPSA) is 96.0 Å². The first kappa shape index (κ1) is 15.5. The molecule has 2 aliphatic rings. The predicted molar refractivity (Wildman–Crippen MR) is 76.4 cm³/mol. The third-order valence-electron chi connectivity index (χ3n) is 4.22. The van der Waals surface area contributed by atoms with Crippen LogP contribution in [0.25, 0.3) is 0 Å². The maximum Gasteiger partial charge on any atom is 0.276 e. The van der Waals surface area contributed by atoms with Gasteiger partial charge < -0.3 is 24.4 Å². The van der Waals surface area contributed by atoms with Crippen molar-refractivity contribution < 1.29 is 24.3 Å².